The number of hydrogen-bond acceptors (Lipinski definition) is 3. The van der Waals surface area contributed by atoms with Gasteiger partial charge in [0.2, 0.25) is 0 Å². The highest BCUT2D eigenvalue weighted by atomic mass is 35.5. The van der Waals surface area contributed by atoms with Gasteiger partial charge < -0.3 is 4.74 Å². The van der Waals surface area contributed by atoms with Crippen LogP contribution in [0.4, 0.5) is 4.39 Å². The van der Waals surface area contributed by atoms with Crippen molar-refractivity contribution in [3.63, 3.8) is 0 Å². The maximum atomic E-state index is 13.8. The van der Waals surface area contributed by atoms with Crippen LogP contribution in [0.3, 0.4) is 0 Å². The molecular weight excluding hydrogens is 281 g/mol. The number of carbonyl (C=O) groups is 1. The average Bonchev–Trinajstić information content (AvgIpc) is 2.38. The Labute approximate surface area is 122 Å². The molecule has 0 radical (unpaired) electrons. The number of Topliss-reactive ketones (excluding diaryl/α,β-unsaturated/α-hetero) is 1. The van der Waals surface area contributed by atoms with Gasteiger partial charge in [0.25, 0.3) is 0 Å². The molecule has 106 valence electrons. The van der Waals surface area contributed by atoms with Crippen LogP contribution in [0.1, 0.15) is 37.2 Å². The van der Waals surface area contributed by atoms with Gasteiger partial charge in [-0.25, -0.2) is 4.39 Å². The minimum Gasteiger partial charge on any atom is -0.378 e. The van der Waals surface area contributed by atoms with Gasteiger partial charge in [-0.3, -0.25) is 4.79 Å². The first-order chi connectivity index (χ1) is 9.53. The number of nitriles is 1. The largest absolute Gasteiger partial charge is 0.378 e. The van der Waals surface area contributed by atoms with Crippen LogP contribution in [0.15, 0.2) is 18.2 Å². The Hall–Kier alpha value is -1.44. The maximum Gasteiger partial charge on any atom is 0.157 e. The zero-order valence-corrected chi connectivity index (χ0v) is 11.9. The number of rotatable bonds is 5. The second-order valence-corrected chi connectivity index (χ2v) is 5.49. The third-order valence-corrected chi connectivity index (χ3v) is 4.26. The summed E-state index contributed by atoms with van der Waals surface area (Å²) in [6.07, 6.45) is 2.70. The number of nitrogens with zero attached hydrogens (tertiary/aromatic N) is 1. The fourth-order valence-corrected chi connectivity index (χ4v) is 2.80. The molecule has 0 aromatic heterocycles. The molecule has 1 aliphatic rings. The number of hydrogen-bond donors (Lipinski definition) is 0. The third kappa shape index (κ3) is 2.70. The monoisotopic (exact) mass is 295 g/mol. The molecule has 5 heteroatoms. The highest BCUT2D eigenvalue weighted by molar-refractivity contribution is 6.31. The minimum absolute atomic E-state index is 0.0350. The van der Waals surface area contributed by atoms with Crippen molar-refractivity contribution in [2.24, 2.45) is 0 Å². The molecule has 1 saturated carbocycles. The first kappa shape index (κ1) is 15.0. The van der Waals surface area contributed by atoms with E-state index in [9.17, 15) is 14.4 Å². The van der Waals surface area contributed by atoms with Gasteiger partial charge in [-0.1, -0.05) is 17.7 Å². The van der Waals surface area contributed by atoms with Crippen molar-refractivity contribution in [3.05, 3.63) is 34.6 Å². The maximum absolute atomic E-state index is 13.8. The lowest BCUT2D eigenvalue weighted by Crippen LogP contribution is -2.42. The SMILES string of the molecule is COC1(CC(=O)C(C#N)c2c(F)cccc2Cl)CCC1. The van der Waals surface area contributed by atoms with Gasteiger partial charge in [-0.2, -0.15) is 5.26 Å². The Kier molecular flexibility index (Phi) is 4.42. The van der Waals surface area contributed by atoms with Gasteiger partial charge in [0.15, 0.2) is 5.78 Å². The molecule has 2 rings (SSSR count). The van der Waals surface area contributed by atoms with Crippen LogP contribution in [0.5, 0.6) is 0 Å². The molecule has 0 bridgehead atoms. The van der Waals surface area contributed by atoms with E-state index in [1.54, 1.807) is 7.11 Å². The molecule has 1 aromatic rings. The first-order valence-electron chi connectivity index (χ1n) is 6.44. The number of carbonyl (C=O) groups excluding carboxylic acids is 1. The molecule has 1 aliphatic carbocycles. The zero-order chi connectivity index (χ0) is 14.8. The summed E-state index contributed by atoms with van der Waals surface area (Å²) in [4.78, 5) is 12.3. The Morgan fingerprint density at radius 2 is 2.30 bits per heavy atom. The van der Waals surface area contributed by atoms with Crippen LogP contribution in [-0.4, -0.2) is 18.5 Å². The van der Waals surface area contributed by atoms with Crippen LogP contribution in [0, 0.1) is 17.1 Å². The van der Waals surface area contributed by atoms with Crippen molar-refractivity contribution < 1.29 is 13.9 Å². The van der Waals surface area contributed by atoms with E-state index in [4.69, 9.17) is 16.3 Å². The number of ether oxygens (including phenoxy) is 1. The summed E-state index contributed by atoms with van der Waals surface area (Å²) in [5.74, 6) is -2.16. The molecule has 0 amide bonds. The molecule has 1 unspecified atom stereocenters. The summed E-state index contributed by atoms with van der Waals surface area (Å²) in [5, 5.41) is 9.32. The van der Waals surface area contributed by atoms with E-state index in [0.29, 0.717) is 0 Å². The predicted molar refractivity (Wildman–Crippen MR) is 73.0 cm³/mol. The lowest BCUT2D eigenvalue weighted by Gasteiger charge is -2.40. The predicted octanol–water partition coefficient (Wildman–Crippen LogP) is 3.61. The van der Waals surface area contributed by atoms with E-state index >= 15 is 0 Å². The van der Waals surface area contributed by atoms with E-state index in [1.165, 1.54) is 18.2 Å². The molecular formula is C15H15ClFNO2. The van der Waals surface area contributed by atoms with E-state index in [2.05, 4.69) is 0 Å². The van der Waals surface area contributed by atoms with Gasteiger partial charge in [0, 0.05) is 24.1 Å². The van der Waals surface area contributed by atoms with Gasteiger partial charge in [-0.15, -0.1) is 0 Å². The van der Waals surface area contributed by atoms with Crippen LogP contribution in [-0.2, 0) is 9.53 Å². The average molecular weight is 296 g/mol. The quantitative estimate of drug-likeness (QED) is 0.833. The van der Waals surface area contributed by atoms with E-state index in [1.807, 2.05) is 6.07 Å². The normalized spacial score (nSPS) is 17.9. The van der Waals surface area contributed by atoms with Crippen molar-refractivity contribution in [2.45, 2.75) is 37.2 Å². The fraction of sp³-hybridized carbons (Fsp3) is 0.467. The second-order valence-electron chi connectivity index (χ2n) is 5.08. The molecule has 0 aliphatic heterocycles. The summed E-state index contributed by atoms with van der Waals surface area (Å²) < 4.78 is 19.2. The van der Waals surface area contributed by atoms with Crippen molar-refractivity contribution in [1.82, 2.24) is 0 Å². The van der Waals surface area contributed by atoms with Crippen molar-refractivity contribution in [3.8, 4) is 6.07 Å². The molecule has 0 spiro atoms. The van der Waals surface area contributed by atoms with Crippen molar-refractivity contribution in [1.29, 1.82) is 5.26 Å². The number of methoxy groups -OCH3 is 1. The summed E-state index contributed by atoms with van der Waals surface area (Å²) in [6.45, 7) is 0. The molecule has 0 saturated heterocycles. The van der Waals surface area contributed by atoms with Crippen molar-refractivity contribution >= 4 is 17.4 Å². The van der Waals surface area contributed by atoms with E-state index in [0.717, 1.165) is 19.3 Å². The minimum atomic E-state index is -1.18. The van der Waals surface area contributed by atoms with Gasteiger partial charge in [-0.05, 0) is 31.4 Å². The summed E-state index contributed by atoms with van der Waals surface area (Å²) >= 11 is 5.93. The number of benzene rings is 1. The van der Waals surface area contributed by atoms with Gasteiger partial charge in [0.05, 0.1) is 11.7 Å². The van der Waals surface area contributed by atoms with Crippen molar-refractivity contribution in [2.75, 3.05) is 7.11 Å². The second kappa shape index (κ2) is 5.90. The van der Waals surface area contributed by atoms with E-state index < -0.39 is 17.3 Å². The Morgan fingerprint density at radius 1 is 1.60 bits per heavy atom. The Balaban J connectivity index is 2.25. The summed E-state index contributed by atoms with van der Waals surface area (Å²) in [5.41, 5.74) is -0.517. The first-order valence-corrected chi connectivity index (χ1v) is 6.82. The van der Waals surface area contributed by atoms with Crippen LogP contribution in [0.25, 0.3) is 0 Å². The molecule has 0 heterocycles. The number of halogens is 2. The van der Waals surface area contributed by atoms with Gasteiger partial charge in [0.1, 0.15) is 11.7 Å². The lowest BCUT2D eigenvalue weighted by atomic mass is 9.74. The fourth-order valence-electron chi connectivity index (χ4n) is 2.53. The molecule has 20 heavy (non-hydrogen) atoms. The Bertz CT molecular complexity index is 538. The van der Waals surface area contributed by atoms with Crippen LogP contribution >= 0.6 is 11.6 Å². The summed E-state index contributed by atoms with van der Waals surface area (Å²) in [6, 6.07) is 5.99. The molecule has 0 N–H and O–H groups in total. The van der Waals surface area contributed by atoms with E-state index in [-0.39, 0.29) is 22.8 Å². The highest BCUT2D eigenvalue weighted by Crippen LogP contribution is 2.40. The van der Waals surface area contributed by atoms with Gasteiger partial charge >= 0.3 is 0 Å². The molecule has 3 nitrogen and oxygen atoms in total. The molecule has 1 atom stereocenters. The third-order valence-electron chi connectivity index (χ3n) is 3.93. The van der Waals surface area contributed by atoms with Crippen LogP contribution in [0.2, 0.25) is 5.02 Å². The zero-order valence-electron chi connectivity index (χ0n) is 11.2. The standard InChI is InChI=1S/C15H15ClFNO2/c1-20-15(6-3-7-15)8-13(19)10(9-18)14-11(16)4-2-5-12(14)17/h2,4-5,10H,3,6-8H2,1H3. The number of ketones is 1. The lowest BCUT2D eigenvalue weighted by molar-refractivity contribution is -0.132. The summed E-state index contributed by atoms with van der Waals surface area (Å²) in [7, 11) is 1.56. The molecule has 1 aromatic carbocycles. The smallest absolute Gasteiger partial charge is 0.157 e. The topological polar surface area (TPSA) is 50.1 Å². The molecule has 1 fully saturated rings. The Morgan fingerprint density at radius 3 is 2.75 bits per heavy atom. The highest BCUT2D eigenvalue weighted by Gasteiger charge is 2.41. The van der Waals surface area contributed by atoms with Crippen LogP contribution < -0.4 is 0 Å².